The topological polar surface area (TPSA) is 86.3 Å². The maximum absolute atomic E-state index is 13.3. The molecule has 0 radical (unpaired) electrons. The fraction of sp³-hybridized carbons (Fsp3) is 0.261. The Morgan fingerprint density at radius 3 is 2.56 bits per heavy atom. The highest BCUT2D eigenvalue weighted by molar-refractivity contribution is 6.35. The van der Waals surface area contributed by atoms with Crippen molar-refractivity contribution >= 4 is 23.2 Å². The summed E-state index contributed by atoms with van der Waals surface area (Å²) in [4.78, 5) is 26.0. The number of hydrogen-bond donors (Lipinski definition) is 0. The summed E-state index contributed by atoms with van der Waals surface area (Å²) in [5.41, 5.74) is -0.916. The van der Waals surface area contributed by atoms with Crippen molar-refractivity contribution in [3.05, 3.63) is 90.0 Å². The highest BCUT2D eigenvalue weighted by atomic mass is 35.5. The molecule has 5 rings (SSSR count). The van der Waals surface area contributed by atoms with Crippen LogP contribution in [0.1, 0.15) is 28.7 Å². The van der Waals surface area contributed by atoms with Crippen molar-refractivity contribution in [3.63, 3.8) is 0 Å². The number of nitrogens with zero attached hydrogens (tertiary/aromatic N) is 3. The fourth-order valence-electron chi connectivity index (χ4n) is 4.72. The van der Waals surface area contributed by atoms with E-state index in [2.05, 4.69) is 6.07 Å². The molecule has 3 atom stereocenters. The number of hydrogen-bond acceptors (Lipinski definition) is 5. The average molecular weight is 470 g/mol. The molecule has 2 aliphatic rings. The molecule has 7 nitrogen and oxygen atoms in total. The largest absolute Gasteiger partial charge is 0.491 e. The molecule has 0 saturated carbocycles. The van der Waals surface area contributed by atoms with E-state index in [9.17, 15) is 14.9 Å². The smallest absolute Gasteiger partial charge is 0.333 e. The average Bonchev–Trinajstić information content (AvgIpc) is 2.80. The number of para-hydroxylation sites is 1. The van der Waals surface area contributed by atoms with E-state index in [0.29, 0.717) is 26.9 Å². The van der Waals surface area contributed by atoms with Crippen LogP contribution in [-0.4, -0.2) is 15.7 Å². The van der Waals surface area contributed by atoms with E-state index in [1.165, 1.54) is 18.7 Å². The Bertz CT molecular complexity index is 1440. The quantitative estimate of drug-likeness (QED) is 0.543. The Hall–Kier alpha value is -3.21. The third-order valence-electron chi connectivity index (χ3n) is 6.29. The van der Waals surface area contributed by atoms with Gasteiger partial charge in [-0.05, 0) is 18.2 Å². The second kappa shape index (κ2) is 7.16. The van der Waals surface area contributed by atoms with Crippen LogP contribution < -0.4 is 20.7 Å². The lowest BCUT2D eigenvalue weighted by Crippen LogP contribution is -2.52. The molecule has 0 spiro atoms. The first-order chi connectivity index (χ1) is 15.3. The van der Waals surface area contributed by atoms with Gasteiger partial charge in [0.1, 0.15) is 23.9 Å². The van der Waals surface area contributed by atoms with E-state index in [1.807, 2.05) is 18.2 Å². The maximum Gasteiger partial charge on any atom is 0.333 e. The molecule has 0 N–H and O–H groups in total. The van der Waals surface area contributed by atoms with Gasteiger partial charge in [0.15, 0.2) is 0 Å². The highest BCUT2D eigenvalue weighted by Crippen LogP contribution is 2.59. The number of fused-ring (bicyclic) bond motifs is 5. The van der Waals surface area contributed by atoms with Crippen LogP contribution in [0.2, 0.25) is 10.0 Å². The molecule has 0 amide bonds. The molecule has 0 fully saturated rings. The van der Waals surface area contributed by atoms with Crippen LogP contribution in [0, 0.1) is 16.7 Å². The monoisotopic (exact) mass is 469 g/mol. The Kier molecular flexibility index (Phi) is 4.63. The van der Waals surface area contributed by atoms with Crippen molar-refractivity contribution in [3.8, 4) is 17.7 Å². The molecule has 0 bridgehead atoms. The molecule has 3 aromatic rings. The van der Waals surface area contributed by atoms with Crippen LogP contribution >= 0.6 is 23.2 Å². The molecule has 0 unspecified atom stereocenters. The van der Waals surface area contributed by atoms with E-state index in [0.717, 1.165) is 4.57 Å². The van der Waals surface area contributed by atoms with Crippen molar-refractivity contribution in [2.45, 2.75) is 12.0 Å². The molecule has 32 heavy (non-hydrogen) atoms. The number of halogens is 2. The summed E-state index contributed by atoms with van der Waals surface area (Å²) in [6.07, 6.45) is -0.916. The van der Waals surface area contributed by atoms with Gasteiger partial charge in [0.2, 0.25) is 5.88 Å². The number of rotatable bonds is 1. The fourth-order valence-corrected chi connectivity index (χ4v) is 5.22. The van der Waals surface area contributed by atoms with Gasteiger partial charge in [0.25, 0.3) is 5.56 Å². The summed E-state index contributed by atoms with van der Waals surface area (Å²) in [6.45, 7) is -0.0275. The van der Waals surface area contributed by atoms with Crippen molar-refractivity contribution in [1.82, 2.24) is 9.13 Å². The van der Waals surface area contributed by atoms with E-state index < -0.39 is 28.7 Å². The third-order valence-corrected chi connectivity index (χ3v) is 6.86. The van der Waals surface area contributed by atoms with Gasteiger partial charge in [-0.25, -0.2) is 4.79 Å². The van der Waals surface area contributed by atoms with Gasteiger partial charge in [-0.2, -0.15) is 5.26 Å². The van der Waals surface area contributed by atoms with E-state index in [4.69, 9.17) is 32.7 Å². The van der Waals surface area contributed by atoms with Crippen LogP contribution in [0.15, 0.2) is 52.1 Å². The Morgan fingerprint density at radius 1 is 1.09 bits per heavy atom. The predicted octanol–water partition coefficient (Wildman–Crippen LogP) is 3.56. The third kappa shape index (κ3) is 2.66. The minimum absolute atomic E-state index is 0.0275. The zero-order valence-electron chi connectivity index (χ0n) is 17.1. The van der Waals surface area contributed by atoms with Gasteiger partial charge in [-0.3, -0.25) is 13.9 Å². The van der Waals surface area contributed by atoms with Crippen molar-refractivity contribution in [2.75, 3.05) is 6.61 Å². The molecule has 9 heteroatoms. The lowest BCUT2D eigenvalue weighted by molar-refractivity contribution is -0.00394. The van der Waals surface area contributed by atoms with Gasteiger partial charge in [-0.15, -0.1) is 0 Å². The summed E-state index contributed by atoms with van der Waals surface area (Å²) in [7, 11) is 2.94. The zero-order chi connectivity index (χ0) is 22.8. The first kappa shape index (κ1) is 20.7. The number of aromatic nitrogens is 2. The lowest BCUT2D eigenvalue weighted by atomic mass is 9.63. The number of nitriles is 1. The van der Waals surface area contributed by atoms with Crippen molar-refractivity contribution in [1.29, 1.82) is 5.26 Å². The Morgan fingerprint density at radius 2 is 1.84 bits per heavy atom. The molecule has 2 aromatic carbocycles. The second-order valence-electron chi connectivity index (χ2n) is 8.00. The van der Waals surface area contributed by atoms with Gasteiger partial charge >= 0.3 is 5.69 Å². The molecule has 1 aromatic heterocycles. The predicted molar refractivity (Wildman–Crippen MR) is 119 cm³/mol. The van der Waals surface area contributed by atoms with Crippen LogP contribution in [0.4, 0.5) is 0 Å². The van der Waals surface area contributed by atoms with E-state index in [1.54, 1.807) is 24.3 Å². The van der Waals surface area contributed by atoms with E-state index >= 15 is 0 Å². The summed E-state index contributed by atoms with van der Waals surface area (Å²) in [5.74, 6) is -0.0155. The SMILES string of the molecule is Cn1c2c(c(=O)n(C)c1=O)[C@H]1c3ccccc3OC[C@@]1(C#N)[C@H](c1ccc(Cl)cc1Cl)O2. The lowest BCUT2D eigenvalue weighted by Gasteiger charge is -2.48. The second-order valence-corrected chi connectivity index (χ2v) is 8.84. The van der Waals surface area contributed by atoms with Crippen LogP contribution in [-0.2, 0) is 14.1 Å². The standard InChI is InChI=1S/C23H17Cl2N3O4/c1-27-20(29)17-18-14-5-3-4-6-16(14)31-11-23(18,10-26)19(32-21(17)28(2)22(27)30)13-8-7-12(24)9-15(13)25/h3-9,18-19H,11H2,1-2H3/t18-,19+,23-/m1/s1. The Labute approximate surface area is 192 Å². The highest BCUT2D eigenvalue weighted by Gasteiger charge is 2.59. The molecule has 3 heterocycles. The molecule has 2 aliphatic heterocycles. The minimum atomic E-state index is -1.32. The molecule has 0 aliphatic carbocycles. The summed E-state index contributed by atoms with van der Waals surface area (Å²) >= 11 is 12.6. The molecule has 0 saturated heterocycles. The number of ether oxygens (including phenoxy) is 2. The van der Waals surface area contributed by atoms with Crippen molar-refractivity contribution in [2.24, 2.45) is 19.5 Å². The van der Waals surface area contributed by atoms with Gasteiger partial charge in [0, 0.05) is 41.2 Å². The van der Waals surface area contributed by atoms with Gasteiger partial charge < -0.3 is 9.47 Å². The minimum Gasteiger partial charge on any atom is -0.491 e. The normalized spacial score (nSPS) is 23.1. The first-order valence-electron chi connectivity index (χ1n) is 9.84. The van der Waals surface area contributed by atoms with Crippen LogP contribution in [0.3, 0.4) is 0 Å². The van der Waals surface area contributed by atoms with Crippen molar-refractivity contribution < 1.29 is 9.47 Å². The molecular weight excluding hydrogens is 453 g/mol. The van der Waals surface area contributed by atoms with Gasteiger partial charge in [0.05, 0.1) is 11.6 Å². The number of benzene rings is 2. The van der Waals surface area contributed by atoms with Crippen LogP contribution in [0.25, 0.3) is 0 Å². The molecular formula is C23H17Cl2N3O4. The summed E-state index contributed by atoms with van der Waals surface area (Å²) in [6, 6.07) is 14.6. The van der Waals surface area contributed by atoms with Gasteiger partial charge in [-0.1, -0.05) is 47.5 Å². The zero-order valence-corrected chi connectivity index (χ0v) is 18.6. The molecule has 162 valence electrons. The van der Waals surface area contributed by atoms with Crippen LogP contribution in [0.5, 0.6) is 11.6 Å². The Balaban J connectivity index is 1.91. The van der Waals surface area contributed by atoms with E-state index in [-0.39, 0.29) is 18.1 Å². The maximum atomic E-state index is 13.3. The summed E-state index contributed by atoms with van der Waals surface area (Å²) in [5, 5.41) is 11.3. The first-order valence-corrected chi connectivity index (χ1v) is 10.6. The summed E-state index contributed by atoms with van der Waals surface area (Å²) < 4.78 is 14.6.